The minimum atomic E-state index is -0.349. The third kappa shape index (κ3) is 3.73. The molecule has 2 atom stereocenters. The molecule has 2 unspecified atom stereocenters. The van der Waals surface area contributed by atoms with Crippen LogP contribution >= 0.6 is 12.4 Å². The monoisotopic (exact) mass is 311 g/mol. The number of benzene rings is 1. The van der Waals surface area contributed by atoms with E-state index in [1.54, 1.807) is 12.1 Å². The topological polar surface area (TPSA) is 58.4 Å². The summed E-state index contributed by atoms with van der Waals surface area (Å²) in [6, 6.07) is 8.93. The Labute approximate surface area is 131 Å². The van der Waals surface area contributed by atoms with E-state index in [-0.39, 0.29) is 23.0 Å². The van der Waals surface area contributed by atoms with Crippen LogP contribution in [0.15, 0.2) is 24.3 Å². The number of non-ortho nitro benzene ring substituents is 1. The lowest BCUT2D eigenvalue weighted by Gasteiger charge is -2.35. The molecule has 1 aromatic rings. The average Bonchev–Trinajstić information content (AvgIpc) is 2.78. The summed E-state index contributed by atoms with van der Waals surface area (Å²) >= 11 is 0. The minimum Gasteiger partial charge on any atom is -0.311 e. The van der Waals surface area contributed by atoms with Gasteiger partial charge in [0.2, 0.25) is 0 Å². The highest BCUT2D eigenvalue weighted by Crippen LogP contribution is 2.29. The van der Waals surface area contributed by atoms with Crippen molar-refractivity contribution in [2.24, 2.45) is 0 Å². The van der Waals surface area contributed by atoms with Crippen molar-refractivity contribution in [3.05, 3.63) is 39.9 Å². The zero-order valence-corrected chi connectivity index (χ0v) is 13.0. The molecule has 2 aliphatic heterocycles. The average molecular weight is 312 g/mol. The highest BCUT2D eigenvalue weighted by Gasteiger charge is 2.34. The molecule has 3 rings (SSSR count). The summed E-state index contributed by atoms with van der Waals surface area (Å²) in [4.78, 5) is 12.7. The number of halogens is 1. The fourth-order valence-electron chi connectivity index (χ4n) is 3.53. The van der Waals surface area contributed by atoms with Gasteiger partial charge in [-0.2, -0.15) is 0 Å². The molecule has 0 spiro atoms. The van der Waals surface area contributed by atoms with Gasteiger partial charge in [0.05, 0.1) is 4.92 Å². The number of fused-ring (bicyclic) bond motifs is 2. The molecule has 5 nitrogen and oxygen atoms in total. The lowest BCUT2D eigenvalue weighted by Crippen LogP contribution is -2.46. The maximum Gasteiger partial charge on any atom is 0.269 e. The predicted octanol–water partition coefficient (Wildman–Crippen LogP) is 2.73. The molecule has 2 heterocycles. The standard InChI is InChI=1S/C15H21N3O2.ClH/c1-17(15-8-12-4-5-13(9-15)16-12)10-11-2-6-14(7-3-11)18(19)20;/h2-3,6-7,12-13,15-16H,4-5,8-10H2,1H3;1H. The molecular formula is C15H22ClN3O2. The van der Waals surface area contributed by atoms with Gasteiger partial charge in [0.25, 0.3) is 5.69 Å². The molecule has 1 N–H and O–H groups in total. The van der Waals surface area contributed by atoms with Crippen molar-refractivity contribution in [3.63, 3.8) is 0 Å². The maximum absolute atomic E-state index is 10.6. The van der Waals surface area contributed by atoms with Crippen LogP contribution in [0, 0.1) is 10.1 Å². The van der Waals surface area contributed by atoms with Crippen LogP contribution < -0.4 is 5.32 Å². The van der Waals surface area contributed by atoms with Gasteiger partial charge in [-0.1, -0.05) is 12.1 Å². The Morgan fingerprint density at radius 2 is 1.81 bits per heavy atom. The fraction of sp³-hybridized carbons (Fsp3) is 0.600. The summed E-state index contributed by atoms with van der Waals surface area (Å²) in [6.07, 6.45) is 5.07. The number of piperidine rings is 1. The van der Waals surface area contributed by atoms with Gasteiger partial charge in [-0.05, 0) is 38.3 Å². The SMILES string of the molecule is CN(Cc1ccc([N+](=O)[O-])cc1)C1CC2CCC(C1)N2.Cl. The first-order valence-electron chi connectivity index (χ1n) is 7.31. The van der Waals surface area contributed by atoms with Gasteiger partial charge in [0.1, 0.15) is 0 Å². The van der Waals surface area contributed by atoms with Gasteiger partial charge >= 0.3 is 0 Å². The number of nitrogens with one attached hydrogen (secondary N) is 1. The van der Waals surface area contributed by atoms with Crippen LogP contribution in [0.5, 0.6) is 0 Å². The van der Waals surface area contributed by atoms with Crippen molar-refractivity contribution >= 4 is 18.1 Å². The van der Waals surface area contributed by atoms with Crippen LogP contribution in [0.25, 0.3) is 0 Å². The number of hydrogen-bond donors (Lipinski definition) is 1. The van der Waals surface area contributed by atoms with Crippen molar-refractivity contribution in [1.82, 2.24) is 10.2 Å². The number of rotatable bonds is 4. The lowest BCUT2D eigenvalue weighted by molar-refractivity contribution is -0.384. The number of nitrogens with zero attached hydrogens (tertiary/aromatic N) is 2. The second-order valence-electron chi connectivity index (χ2n) is 6.10. The normalized spacial score (nSPS) is 27.4. The lowest BCUT2D eigenvalue weighted by atomic mass is 9.98. The molecule has 0 aromatic heterocycles. The molecular weight excluding hydrogens is 290 g/mol. The summed E-state index contributed by atoms with van der Waals surface area (Å²) in [5.74, 6) is 0. The zero-order valence-electron chi connectivity index (χ0n) is 12.2. The Morgan fingerprint density at radius 1 is 1.24 bits per heavy atom. The number of hydrogen-bond acceptors (Lipinski definition) is 4. The third-order valence-electron chi connectivity index (χ3n) is 4.65. The van der Waals surface area contributed by atoms with E-state index in [9.17, 15) is 10.1 Å². The van der Waals surface area contributed by atoms with Crippen LogP contribution in [-0.2, 0) is 6.54 Å². The summed E-state index contributed by atoms with van der Waals surface area (Å²) in [7, 11) is 2.16. The molecule has 1 aromatic carbocycles. The first-order valence-corrected chi connectivity index (χ1v) is 7.31. The molecule has 0 amide bonds. The highest BCUT2D eigenvalue weighted by molar-refractivity contribution is 5.85. The Morgan fingerprint density at radius 3 is 2.33 bits per heavy atom. The van der Waals surface area contributed by atoms with E-state index in [1.165, 1.54) is 25.7 Å². The summed E-state index contributed by atoms with van der Waals surface area (Å²) in [5, 5.41) is 14.3. The summed E-state index contributed by atoms with van der Waals surface area (Å²) in [6.45, 7) is 0.863. The molecule has 6 heteroatoms. The molecule has 2 bridgehead atoms. The number of nitro groups is 1. The van der Waals surface area contributed by atoms with Gasteiger partial charge in [0.15, 0.2) is 0 Å². The van der Waals surface area contributed by atoms with Crippen LogP contribution in [0.3, 0.4) is 0 Å². The molecule has 2 fully saturated rings. The third-order valence-corrected chi connectivity index (χ3v) is 4.65. The van der Waals surface area contributed by atoms with Crippen LogP contribution in [0.4, 0.5) is 5.69 Å². The predicted molar refractivity (Wildman–Crippen MR) is 84.8 cm³/mol. The quantitative estimate of drug-likeness (QED) is 0.686. The van der Waals surface area contributed by atoms with Gasteiger partial charge in [-0.25, -0.2) is 0 Å². The van der Waals surface area contributed by atoms with Gasteiger partial charge in [-0.15, -0.1) is 12.4 Å². The van der Waals surface area contributed by atoms with E-state index in [0.29, 0.717) is 18.1 Å². The van der Waals surface area contributed by atoms with Gasteiger partial charge in [0, 0.05) is 36.8 Å². The van der Waals surface area contributed by atoms with Crippen molar-refractivity contribution in [3.8, 4) is 0 Å². The van der Waals surface area contributed by atoms with E-state index >= 15 is 0 Å². The number of nitro benzene ring substituents is 1. The largest absolute Gasteiger partial charge is 0.311 e. The Hall–Kier alpha value is -1.17. The molecule has 0 aliphatic carbocycles. The molecule has 0 saturated carbocycles. The molecule has 0 radical (unpaired) electrons. The first-order chi connectivity index (χ1) is 9.61. The fourth-order valence-corrected chi connectivity index (χ4v) is 3.53. The van der Waals surface area contributed by atoms with E-state index in [0.717, 1.165) is 12.1 Å². The second-order valence-corrected chi connectivity index (χ2v) is 6.10. The van der Waals surface area contributed by atoms with Gasteiger partial charge in [-0.3, -0.25) is 15.0 Å². The van der Waals surface area contributed by atoms with Crippen LogP contribution in [0.1, 0.15) is 31.2 Å². The van der Waals surface area contributed by atoms with Crippen LogP contribution in [-0.4, -0.2) is 35.0 Å². The highest BCUT2D eigenvalue weighted by atomic mass is 35.5. The smallest absolute Gasteiger partial charge is 0.269 e. The maximum atomic E-state index is 10.6. The van der Waals surface area contributed by atoms with Crippen molar-refractivity contribution in [2.45, 2.75) is 50.4 Å². The van der Waals surface area contributed by atoms with Crippen molar-refractivity contribution < 1.29 is 4.92 Å². The van der Waals surface area contributed by atoms with Crippen molar-refractivity contribution in [1.29, 1.82) is 0 Å². The summed E-state index contributed by atoms with van der Waals surface area (Å²) < 4.78 is 0. The molecule has 2 saturated heterocycles. The van der Waals surface area contributed by atoms with E-state index in [1.807, 2.05) is 12.1 Å². The molecule has 21 heavy (non-hydrogen) atoms. The van der Waals surface area contributed by atoms with E-state index in [4.69, 9.17) is 0 Å². The molecule has 2 aliphatic rings. The van der Waals surface area contributed by atoms with E-state index < -0.39 is 0 Å². The minimum absolute atomic E-state index is 0. The van der Waals surface area contributed by atoms with Gasteiger partial charge < -0.3 is 5.32 Å². The first kappa shape index (κ1) is 16.2. The Kier molecular flexibility index (Phi) is 5.19. The van der Waals surface area contributed by atoms with E-state index in [2.05, 4.69) is 17.3 Å². The van der Waals surface area contributed by atoms with Crippen molar-refractivity contribution in [2.75, 3.05) is 7.05 Å². The molecule has 116 valence electrons. The Balaban J connectivity index is 0.00000161. The van der Waals surface area contributed by atoms with Crippen LogP contribution in [0.2, 0.25) is 0 Å². The Bertz CT molecular complexity index is 482. The zero-order chi connectivity index (χ0) is 14.1. The second kappa shape index (κ2) is 6.73. The summed E-state index contributed by atoms with van der Waals surface area (Å²) in [5.41, 5.74) is 1.31.